The van der Waals surface area contributed by atoms with Crippen molar-refractivity contribution in [2.24, 2.45) is 5.73 Å². The molecular formula is C18H27ClN4O2. The fourth-order valence-electron chi connectivity index (χ4n) is 3.53. The number of benzene rings is 1. The minimum Gasteiger partial charge on any atom is -0.338 e. The number of likely N-dealkylation sites (N-methyl/N-ethyl adjacent to an activating group) is 1. The Bertz CT molecular complexity index is 600. The van der Waals surface area contributed by atoms with Crippen molar-refractivity contribution in [2.45, 2.75) is 25.4 Å². The molecule has 2 amide bonds. The van der Waals surface area contributed by atoms with E-state index in [9.17, 15) is 9.59 Å². The Morgan fingerprint density at radius 1 is 1.04 bits per heavy atom. The smallest absolute Gasteiger partial charge is 0.253 e. The van der Waals surface area contributed by atoms with Crippen LogP contribution in [0.2, 0.25) is 0 Å². The van der Waals surface area contributed by atoms with E-state index in [2.05, 4.69) is 4.90 Å². The van der Waals surface area contributed by atoms with Crippen LogP contribution >= 0.6 is 12.4 Å². The molecule has 25 heavy (non-hydrogen) atoms. The van der Waals surface area contributed by atoms with Crippen molar-refractivity contribution in [1.82, 2.24) is 14.7 Å². The van der Waals surface area contributed by atoms with Crippen LogP contribution in [0.1, 0.15) is 28.8 Å². The van der Waals surface area contributed by atoms with Gasteiger partial charge in [0.15, 0.2) is 0 Å². The summed E-state index contributed by atoms with van der Waals surface area (Å²) in [6, 6.07) is 7.47. The van der Waals surface area contributed by atoms with E-state index in [0.29, 0.717) is 38.3 Å². The van der Waals surface area contributed by atoms with Gasteiger partial charge in [0.2, 0.25) is 5.91 Å². The lowest BCUT2D eigenvalue weighted by Gasteiger charge is -2.37. The number of amides is 2. The molecule has 0 aliphatic carbocycles. The largest absolute Gasteiger partial charge is 0.338 e. The predicted molar refractivity (Wildman–Crippen MR) is 99.7 cm³/mol. The van der Waals surface area contributed by atoms with Crippen LogP contribution in [0, 0.1) is 0 Å². The summed E-state index contributed by atoms with van der Waals surface area (Å²) in [6.45, 7) is 3.91. The van der Waals surface area contributed by atoms with Gasteiger partial charge >= 0.3 is 0 Å². The Balaban J connectivity index is 0.00000225. The molecule has 138 valence electrons. The van der Waals surface area contributed by atoms with Crippen LogP contribution in [0.15, 0.2) is 24.3 Å². The Kier molecular flexibility index (Phi) is 6.81. The molecule has 0 saturated carbocycles. The molecule has 2 N–H and O–H groups in total. The first-order valence-electron chi connectivity index (χ1n) is 8.67. The van der Waals surface area contributed by atoms with Crippen molar-refractivity contribution < 1.29 is 9.59 Å². The number of nitrogens with zero attached hydrogens (tertiary/aromatic N) is 3. The van der Waals surface area contributed by atoms with Gasteiger partial charge in [0.1, 0.15) is 0 Å². The number of carbonyl (C=O) groups is 2. The van der Waals surface area contributed by atoms with Crippen LogP contribution in [-0.4, -0.2) is 72.3 Å². The van der Waals surface area contributed by atoms with Crippen molar-refractivity contribution in [3.05, 3.63) is 35.4 Å². The van der Waals surface area contributed by atoms with Crippen molar-refractivity contribution in [2.75, 3.05) is 39.8 Å². The van der Waals surface area contributed by atoms with Gasteiger partial charge < -0.3 is 15.5 Å². The van der Waals surface area contributed by atoms with Crippen LogP contribution in [-0.2, 0) is 11.3 Å². The quantitative estimate of drug-likeness (QED) is 0.864. The fourth-order valence-corrected chi connectivity index (χ4v) is 3.53. The summed E-state index contributed by atoms with van der Waals surface area (Å²) in [5, 5.41) is 0. The van der Waals surface area contributed by atoms with Crippen molar-refractivity contribution in [1.29, 1.82) is 0 Å². The van der Waals surface area contributed by atoms with Crippen molar-refractivity contribution in [3.63, 3.8) is 0 Å². The number of piperazine rings is 1. The van der Waals surface area contributed by atoms with E-state index in [1.807, 2.05) is 41.1 Å². The highest BCUT2D eigenvalue weighted by Crippen LogP contribution is 2.18. The molecule has 0 spiro atoms. The van der Waals surface area contributed by atoms with Gasteiger partial charge in [0, 0.05) is 38.3 Å². The molecule has 0 bridgehead atoms. The molecule has 0 radical (unpaired) electrons. The normalized spacial score (nSPS) is 21.1. The van der Waals surface area contributed by atoms with Crippen LogP contribution in [0.4, 0.5) is 0 Å². The van der Waals surface area contributed by atoms with E-state index < -0.39 is 0 Å². The van der Waals surface area contributed by atoms with Gasteiger partial charge in [0.05, 0.1) is 6.04 Å². The topological polar surface area (TPSA) is 69.9 Å². The first kappa shape index (κ1) is 19.7. The first-order valence-corrected chi connectivity index (χ1v) is 8.67. The molecule has 1 aromatic carbocycles. The Hall–Kier alpha value is -1.63. The standard InChI is InChI=1S/C18H26N4O2.ClH/c1-20-8-2-3-16(20)18(24)22-11-9-21(10-12-22)17(23)15-6-4-14(13-19)5-7-15;/h4-7,16H,2-3,8-13,19H2,1H3;1H. The van der Waals surface area contributed by atoms with Crippen LogP contribution in [0.3, 0.4) is 0 Å². The summed E-state index contributed by atoms with van der Waals surface area (Å²) >= 11 is 0. The number of rotatable bonds is 3. The maximum atomic E-state index is 12.6. The Morgan fingerprint density at radius 2 is 1.64 bits per heavy atom. The van der Waals surface area contributed by atoms with Crippen LogP contribution in [0.25, 0.3) is 0 Å². The fraction of sp³-hybridized carbons (Fsp3) is 0.556. The number of halogens is 1. The molecule has 0 aromatic heterocycles. The number of nitrogens with two attached hydrogens (primary N) is 1. The molecule has 3 rings (SSSR count). The maximum Gasteiger partial charge on any atom is 0.253 e. The summed E-state index contributed by atoms with van der Waals surface area (Å²) in [6.07, 6.45) is 2.03. The third-order valence-corrected chi connectivity index (χ3v) is 5.12. The molecule has 6 nitrogen and oxygen atoms in total. The molecular weight excluding hydrogens is 340 g/mol. The number of carbonyl (C=O) groups excluding carboxylic acids is 2. The number of hydrogen-bond acceptors (Lipinski definition) is 4. The van der Waals surface area contributed by atoms with Gasteiger partial charge in [-0.1, -0.05) is 12.1 Å². The number of likely N-dealkylation sites (tertiary alicyclic amines) is 1. The molecule has 2 fully saturated rings. The van der Waals surface area contributed by atoms with Crippen LogP contribution in [0.5, 0.6) is 0 Å². The van der Waals surface area contributed by atoms with Crippen LogP contribution < -0.4 is 5.73 Å². The third kappa shape index (κ3) is 4.32. The van der Waals surface area contributed by atoms with Crippen molar-refractivity contribution >= 4 is 24.2 Å². The average molecular weight is 367 g/mol. The molecule has 1 atom stereocenters. The second-order valence-electron chi connectivity index (χ2n) is 6.66. The lowest BCUT2D eigenvalue weighted by atomic mass is 10.1. The van der Waals surface area contributed by atoms with Gasteiger partial charge in [-0.2, -0.15) is 0 Å². The van der Waals surface area contributed by atoms with Gasteiger partial charge in [-0.3, -0.25) is 14.5 Å². The summed E-state index contributed by atoms with van der Waals surface area (Å²) in [7, 11) is 2.01. The molecule has 2 heterocycles. The summed E-state index contributed by atoms with van der Waals surface area (Å²) < 4.78 is 0. The second-order valence-corrected chi connectivity index (χ2v) is 6.66. The lowest BCUT2D eigenvalue weighted by molar-refractivity contribution is -0.137. The monoisotopic (exact) mass is 366 g/mol. The second kappa shape index (κ2) is 8.65. The zero-order valence-corrected chi connectivity index (χ0v) is 15.5. The molecule has 2 aliphatic heterocycles. The maximum absolute atomic E-state index is 12.6. The highest BCUT2D eigenvalue weighted by Gasteiger charge is 2.33. The highest BCUT2D eigenvalue weighted by molar-refractivity contribution is 5.94. The molecule has 1 aromatic rings. The van der Waals surface area contributed by atoms with E-state index in [4.69, 9.17) is 5.73 Å². The van der Waals surface area contributed by atoms with Gasteiger partial charge in [-0.05, 0) is 44.1 Å². The minimum absolute atomic E-state index is 0. The van der Waals surface area contributed by atoms with E-state index in [0.717, 1.165) is 24.9 Å². The van der Waals surface area contributed by atoms with E-state index in [-0.39, 0.29) is 30.3 Å². The SMILES string of the molecule is CN1CCCC1C(=O)N1CCN(C(=O)c2ccc(CN)cc2)CC1.Cl. The van der Waals surface area contributed by atoms with Gasteiger partial charge in [-0.25, -0.2) is 0 Å². The average Bonchev–Trinajstić information content (AvgIpc) is 3.06. The van der Waals surface area contributed by atoms with E-state index in [1.165, 1.54) is 0 Å². The summed E-state index contributed by atoms with van der Waals surface area (Å²) in [5.74, 6) is 0.248. The zero-order chi connectivity index (χ0) is 17.1. The molecule has 2 saturated heterocycles. The lowest BCUT2D eigenvalue weighted by Crippen LogP contribution is -2.54. The molecule has 7 heteroatoms. The number of hydrogen-bond donors (Lipinski definition) is 1. The molecule has 2 aliphatic rings. The summed E-state index contributed by atoms with van der Waals surface area (Å²) in [5.41, 5.74) is 7.29. The first-order chi connectivity index (χ1) is 11.6. The minimum atomic E-state index is 0. The molecule has 1 unspecified atom stereocenters. The van der Waals surface area contributed by atoms with Crippen molar-refractivity contribution in [3.8, 4) is 0 Å². The van der Waals surface area contributed by atoms with E-state index in [1.54, 1.807) is 0 Å². The third-order valence-electron chi connectivity index (χ3n) is 5.12. The predicted octanol–water partition coefficient (Wildman–Crippen LogP) is 0.946. The highest BCUT2D eigenvalue weighted by atomic mass is 35.5. The summed E-state index contributed by atoms with van der Waals surface area (Å²) in [4.78, 5) is 31.0. The Morgan fingerprint density at radius 3 is 2.16 bits per heavy atom. The van der Waals surface area contributed by atoms with Gasteiger partial charge in [0.25, 0.3) is 5.91 Å². The Labute approximate surface area is 155 Å². The van der Waals surface area contributed by atoms with Gasteiger partial charge in [-0.15, -0.1) is 12.4 Å². The van der Waals surface area contributed by atoms with E-state index >= 15 is 0 Å². The zero-order valence-electron chi connectivity index (χ0n) is 14.7.